The number of hydrogen-bond acceptors (Lipinski definition) is 0. The maximum Gasteiger partial charge on any atom is 1.00 e. The molecule has 0 spiro atoms. The summed E-state index contributed by atoms with van der Waals surface area (Å²) >= 11 is 0. The van der Waals surface area contributed by atoms with Gasteiger partial charge >= 0.3 is 44.8 Å². The van der Waals surface area contributed by atoms with Crippen LogP contribution in [0, 0.1) is 24.7 Å². The molecule has 0 saturated heterocycles. The average molecular weight is 1260 g/mol. The molecule has 2 heterocycles. The van der Waals surface area contributed by atoms with Crippen molar-refractivity contribution in [1.82, 2.24) is 0 Å². The van der Waals surface area contributed by atoms with Crippen LogP contribution < -0.4 is 42.0 Å². The Bertz CT molecular complexity index is 2610. The van der Waals surface area contributed by atoms with Crippen molar-refractivity contribution in [2.24, 2.45) is 0 Å². The predicted molar refractivity (Wildman–Crippen MR) is 280 cm³/mol. The number of rotatable bonds is 7. The van der Waals surface area contributed by atoms with Crippen molar-refractivity contribution in [2.75, 3.05) is 12.3 Å². The summed E-state index contributed by atoms with van der Waals surface area (Å²) < 4.78 is 0. The van der Waals surface area contributed by atoms with Gasteiger partial charge in [0.25, 0.3) is 0 Å². The second kappa shape index (κ2) is 22.2. The molecule has 10 rings (SSSR count). The van der Waals surface area contributed by atoms with Gasteiger partial charge in [0.15, 0.2) is 0 Å². The minimum absolute atomic E-state index is 0. The van der Waals surface area contributed by atoms with Gasteiger partial charge in [-0.05, 0) is 70.0 Å². The first-order chi connectivity index (χ1) is 30.2. The zero-order valence-electron chi connectivity index (χ0n) is 36.6. The molecular formula is C58H52Au2P2Si2+2. The smallest absolute Gasteiger partial charge is 0.366 e. The molecule has 0 saturated carbocycles. The van der Waals surface area contributed by atoms with E-state index in [9.17, 15) is 0 Å². The van der Waals surface area contributed by atoms with Gasteiger partial charge in [-0.25, -0.2) is 0 Å². The molecule has 64 heavy (non-hydrogen) atoms. The van der Waals surface area contributed by atoms with Gasteiger partial charge in [-0.2, -0.15) is 0 Å². The van der Waals surface area contributed by atoms with Crippen molar-refractivity contribution < 1.29 is 44.8 Å². The summed E-state index contributed by atoms with van der Waals surface area (Å²) in [5.41, 5.74) is 6.97. The van der Waals surface area contributed by atoms with Crippen LogP contribution in [-0.4, -0.2) is 28.5 Å². The Balaban J connectivity index is 0.000000165. The SMILES string of the molecule is [Au+].[Au+].[C-]#Cc1cccc2c1-c1ccccc1[Si]2(C)C.[C-]#Cc1cccc2c1-c1ccccc1[Si]2(C)C.c1ccc([PH+](CC[PH+](c2ccccc2)c2ccccc2)c2ccccc2)cc1. The molecule has 8 aromatic carbocycles. The maximum atomic E-state index is 7.45. The van der Waals surface area contributed by atoms with Crippen LogP contribution in [0.5, 0.6) is 0 Å². The van der Waals surface area contributed by atoms with Crippen LogP contribution in [0.3, 0.4) is 0 Å². The first-order valence-electron chi connectivity index (χ1n) is 21.5. The summed E-state index contributed by atoms with van der Waals surface area (Å²) in [7, 11) is -4.67. The number of fused-ring (bicyclic) bond motifs is 6. The van der Waals surface area contributed by atoms with Gasteiger partial charge in [-0.15, -0.1) is 23.3 Å². The van der Waals surface area contributed by atoms with E-state index in [0.717, 1.165) is 11.1 Å². The van der Waals surface area contributed by atoms with E-state index in [2.05, 4.69) is 232 Å². The van der Waals surface area contributed by atoms with E-state index in [1.54, 1.807) is 0 Å². The zero-order chi connectivity index (χ0) is 43.1. The molecular weight excluding hydrogens is 1210 g/mol. The van der Waals surface area contributed by atoms with Crippen LogP contribution in [0.1, 0.15) is 11.1 Å². The molecule has 0 unspecified atom stereocenters. The van der Waals surface area contributed by atoms with Gasteiger partial charge in [0, 0.05) is 0 Å². The average Bonchev–Trinajstić information content (AvgIpc) is 3.72. The van der Waals surface area contributed by atoms with Crippen molar-refractivity contribution in [3.05, 3.63) is 230 Å². The quantitative estimate of drug-likeness (QED) is 0.0647. The monoisotopic (exact) mass is 1260 g/mol. The molecule has 2 aliphatic heterocycles. The van der Waals surface area contributed by atoms with Crippen LogP contribution >= 0.6 is 15.8 Å². The van der Waals surface area contributed by atoms with E-state index >= 15 is 0 Å². The van der Waals surface area contributed by atoms with E-state index in [1.165, 1.54) is 76.5 Å². The van der Waals surface area contributed by atoms with Crippen LogP contribution in [0.25, 0.3) is 22.3 Å². The van der Waals surface area contributed by atoms with E-state index in [4.69, 9.17) is 12.8 Å². The molecule has 0 aliphatic carbocycles. The van der Waals surface area contributed by atoms with Gasteiger partial charge in [0.05, 0.1) is 37.1 Å². The molecule has 8 aromatic rings. The fourth-order valence-corrected chi connectivity index (χ4v) is 21.8. The number of benzene rings is 8. The Morgan fingerprint density at radius 2 is 0.609 bits per heavy atom. The Kier molecular flexibility index (Phi) is 17.1. The van der Waals surface area contributed by atoms with Crippen molar-refractivity contribution in [3.63, 3.8) is 0 Å². The molecule has 0 atom stereocenters. The minimum Gasteiger partial charge on any atom is -0.366 e. The third-order valence-electron chi connectivity index (χ3n) is 12.6. The normalized spacial score (nSPS) is 12.8. The fourth-order valence-electron chi connectivity index (χ4n) is 9.44. The first kappa shape index (κ1) is 49.1. The molecule has 0 fully saturated rings. The van der Waals surface area contributed by atoms with E-state index < -0.39 is 32.0 Å². The van der Waals surface area contributed by atoms with Crippen molar-refractivity contribution in [2.45, 2.75) is 26.2 Å². The topological polar surface area (TPSA) is 0 Å². The van der Waals surface area contributed by atoms with Gasteiger partial charge in [-0.1, -0.05) is 193 Å². The summed E-state index contributed by atoms with van der Waals surface area (Å²) in [6, 6.07) is 74.3. The molecule has 6 heteroatoms. The van der Waals surface area contributed by atoms with Gasteiger partial charge in [0.2, 0.25) is 0 Å². The summed E-state index contributed by atoms with van der Waals surface area (Å²) in [4.78, 5) is 0. The van der Waals surface area contributed by atoms with Crippen LogP contribution in [0.2, 0.25) is 26.2 Å². The van der Waals surface area contributed by atoms with Crippen molar-refractivity contribution in [3.8, 4) is 34.1 Å². The third-order valence-corrected chi connectivity index (χ3v) is 25.8. The van der Waals surface area contributed by atoms with Crippen LogP contribution in [-0.2, 0) is 44.8 Å². The maximum absolute atomic E-state index is 7.45. The largest absolute Gasteiger partial charge is 1.00 e. The minimum atomic E-state index is -1.55. The summed E-state index contributed by atoms with van der Waals surface area (Å²) in [5.74, 6) is 5.16. The van der Waals surface area contributed by atoms with E-state index in [1.807, 2.05) is 12.1 Å². The second-order valence-corrected chi connectivity index (χ2v) is 30.8. The van der Waals surface area contributed by atoms with Crippen LogP contribution in [0.4, 0.5) is 0 Å². The molecule has 0 bridgehead atoms. The van der Waals surface area contributed by atoms with E-state index in [-0.39, 0.29) is 44.8 Å². The Hall–Kier alpha value is -4.35. The third kappa shape index (κ3) is 10.2. The van der Waals surface area contributed by atoms with Gasteiger partial charge in [-0.3, -0.25) is 11.8 Å². The van der Waals surface area contributed by atoms with Gasteiger partial charge < -0.3 is 12.8 Å². The molecule has 322 valence electrons. The van der Waals surface area contributed by atoms with Crippen molar-refractivity contribution in [1.29, 1.82) is 0 Å². The van der Waals surface area contributed by atoms with Gasteiger partial charge in [0.1, 0.15) is 28.5 Å². The summed E-state index contributed by atoms with van der Waals surface area (Å²) in [6.07, 6.45) is 17.4. The standard InChI is InChI=1S/C26H24P2.2C16H13Si.2Au/c1-5-13-23(14-6-1)27(24-15-7-2-8-16-24)21-22-28(25-17-9-3-10-18-25)26-19-11-4-12-20-26;2*1-4-12-8-7-11-15-16(12)13-9-5-6-10-14(13)17(15,2)3;;/h1-20H,21-22H2;2*5-11H,2-3H3;;/q;2*-1;2*+1/p+2. The predicted octanol–water partition coefficient (Wildman–Crippen LogP) is 9.57. The Labute approximate surface area is 418 Å². The Morgan fingerprint density at radius 1 is 0.344 bits per heavy atom. The molecule has 0 nitrogen and oxygen atoms in total. The van der Waals surface area contributed by atoms with Crippen LogP contribution in [0.15, 0.2) is 206 Å². The molecule has 0 amide bonds. The number of hydrogen-bond donors (Lipinski definition) is 0. The second-order valence-electron chi connectivity index (χ2n) is 17.0. The Morgan fingerprint density at radius 3 is 0.906 bits per heavy atom. The first-order valence-corrected chi connectivity index (χ1v) is 30.9. The fraction of sp³-hybridized carbons (Fsp3) is 0.103. The van der Waals surface area contributed by atoms with E-state index in [0.29, 0.717) is 0 Å². The van der Waals surface area contributed by atoms with Crippen molar-refractivity contribution >= 4 is 74.0 Å². The summed E-state index contributed by atoms with van der Waals surface area (Å²) in [5, 5.41) is 11.9. The molecule has 0 radical (unpaired) electrons. The molecule has 0 aromatic heterocycles. The molecule has 0 N–H and O–H groups in total. The summed E-state index contributed by atoms with van der Waals surface area (Å²) in [6.45, 7) is 9.52. The zero-order valence-corrected chi connectivity index (χ0v) is 45.0. The molecule has 2 aliphatic rings.